The van der Waals surface area contributed by atoms with Crippen LogP contribution in [0.1, 0.15) is 12.5 Å². The summed E-state index contributed by atoms with van der Waals surface area (Å²) in [5.41, 5.74) is 2.11. The molecule has 3 aromatic carbocycles. The first-order chi connectivity index (χ1) is 16.0. The van der Waals surface area contributed by atoms with Gasteiger partial charge in [0.05, 0.1) is 29.0 Å². The lowest BCUT2D eigenvalue weighted by molar-refractivity contribution is -0.129. The Kier molecular flexibility index (Phi) is 6.79. The lowest BCUT2D eigenvalue weighted by atomic mass is 10.2. The molecule has 168 valence electrons. The molecule has 0 saturated heterocycles. The van der Waals surface area contributed by atoms with E-state index in [0.29, 0.717) is 34.0 Å². The van der Waals surface area contributed by atoms with Crippen LogP contribution in [0.25, 0.3) is 16.6 Å². The van der Waals surface area contributed by atoms with Crippen LogP contribution in [0.2, 0.25) is 0 Å². The number of carbonyl (C=O) groups is 1. The van der Waals surface area contributed by atoms with Crippen molar-refractivity contribution >= 4 is 28.6 Å². The summed E-state index contributed by atoms with van der Waals surface area (Å²) in [6.07, 6.45) is 0. The standard InChI is InChI=1S/C26H25N3O3S/c1-18(24(30)28(2)17-19-10-5-4-6-11-19)33-26-27-23-15-8-7-14-22(23)25(31)29(26)20-12-9-13-21(16-20)32-3/h4-16,18H,17H2,1-3H3. The molecule has 6 nitrogen and oxygen atoms in total. The van der Waals surface area contributed by atoms with E-state index < -0.39 is 5.25 Å². The molecule has 0 spiro atoms. The van der Waals surface area contributed by atoms with Gasteiger partial charge in [-0.1, -0.05) is 60.3 Å². The number of fused-ring (bicyclic) bond motifs is 1. The number of rotatable bonds is 7. The number of benzene rings is 3. The van der Waals surface area contributed by atoms with Crippen molar-refractivity contribution < 1.29 is 9.53 Å². The zero-order valence-electron chi connectivity index (χ0n) is 18.8. The van der Waals surface area contributed by atoms with Gasteiger partial charge in [-0.25, -0.2) is 4.98 Å². The van der Waals surface area contributed by atoms with Gasteiger partial charge in [0.1, 0.15) is 5.75 Å². The van der Waals surface area contributed by atoms with E-state index >= 15 is 0 Å². The van der Waals surface area contributed by atoms with Crippen molar-refractivity contribution in [2.45, 2.75) is 23.9 Å². The maximum Gasteiger partial charge on any atom is 0.266 e. The molecular formula is C26H25N3O3S. The largest absolute Gasteiger partial charge is 0.497 e. The van der Waals surface area contributed by atoms with Gasteiger partial charge in [0.2, 0.25) is 5.91 Å². The highest BCUT2D eigenvalue weighted by Crippen LogP contribution is 2.27. The van der Waals surface area contributed by atoms with Crippen molar-refractivity contribution in [3.8, 4) is 11.4 Å². The monoisotopic (exact) mass is 459 g/mol. The lowest BCUT2D eigenvalue weighted by Gasteiger charge is -2.22. The second kappa shape index (κ2) is 9.92. The van der Waals surface area contributed by atoms with Crippen LogP contribution in [-0.2, 0) is 11.3 Å². The molecule has 33 heavy (non-hydrogen) atoms. The number of methoxy groups -OCH3 is 1. The minimum absolute atomic E-state index is 0.0385. The molecular weight excluding hydrogens is 434 g/mol. The lowest BCUT2D eigenvalue weighted by Crippen LogP contribution is -2.33. The zero-order valence-corrected chi connectivity index (χ0v) is 19.6. The first-order valence-electron chi connectivity index (χ1n) is 10.6. The fourth-order valence-electron chi connectivity index (χ4n) is 3.62. The summed E-state index contributed by atoms with van der Waals surface area (Å²) in [4.78, 5) is 33.0. The maximum absolute atomic E-state index is 13.4. The Morgan fingerprint density at radius 1 is 1.06 bits per heavy atom. The van der Waals surface area contributed by atoms with E-state index in [-0.39, 0.29) is 11.5 Å². The molecule has 7 heteroatoms. The summed E-state index contributed by atoms with van der Waals surface area (Å²) < 4.78 is 6.90. The molecule has 0 radical (unpaired) electrons. The predicted molar refractivity (Wildman–Crippen MR) is 132 cm³/mol. The first kappa shape index (κ1) is 22.6. The van der Waals surface area contributed by atoms with E-state index in [1.54, 1.807) is 35.8 Å². The molecule has 4 aromatic rings. The van der Waals surface area contributed by atoms with E-state index in [1.807, 2.05) is 73.7 Å². The predicted octanol–water partition coefficient (Wildman–Crippen LogP) is 4.53. The van der Waals surface area contributed by atoms with Crippen molar-refractivity contribution in [2.75, 3.05) is 14.2 Å². The normalized spacial score (nSPS) is 11.8. The fraction of sp³-hybridized carbons (Fsp3) is 0.192. The third-order valence-electron chi connectivity index (χ3n) is 5.33. The van der Waals surface area contributed by atoms with Gasteiger partial charge in [-0.05, 0) is 36.8 Å². The van der Waals surface area contributed by atoms with E-state index in [0.717, 1.165) is 5.56 Å². The Balaban J connectivity index is 1.70. The highest BCUT2D eigenvalue weighted by Gasteiger charge is 2.23. The molecule has 0 aliphatic rings. The van der Waals surface area contributed by atoms with Crippen molar-refractivity contribution in [3.05, 3.63) is 94.8 Å². The smallest absolute Gasteiger partial charge is 0.266 e. The average Bonchev–Trinajstić information content (AvgIpc) is 2.84. The molecule has 1 amide bonds. The van der Waals surface area contributed by atoms with E-state index in [2.05, 4.69) is 0 Å². The Morgan fingerprint density at radius 2 is 1.79 bits per heavy atom. The van der Waals surface area contributed by atoms with Gasteiger partial charge in [-0.3, -0.25) is 14.2 Å². The van der Waals surface area contributed by atoms with Crippen LogP contribution in [0.4, 0.5) is 0 Å². The van der Waals surface area contributed by atoms with Gasteiger partial charge in [-0.2, -0.15) is 0 Å². The minimum atomic E-state index is -0.441. The van der Waals surface area contributed by atoms with Crippen molar-refractivity contribution in [1.29, 1.82) is 0 Å². The molecule has 0 aliphatic heterocycles. The molecule has 0 bridgehead atoms. The number of amides is 1. The molecule has 4 rings (SSSR count). The maximum atomic E-state index is 13.4. The number of para-hydroxylation sites is 1. The summed E-state index contributed by atoms with van der Waals surface area (Å²) in [7, 11) is 3.37. The van der Waals surface area contributed by atoms with Gasteiger partial charge in [0.25, 0.3) is 5.56 Å². The van der Waals surface area contributed by atoms with Crippen molar-refractivity contribution in [3.63, 3.8) is 0 Å². The molecule has 1 unspecified atom stereocenters. The summed E-state index contributed by atoms with van der Waals surface area (Å²) in [6.45, 7) is 2.35. The Labute approximate surface area is 196 Å². The van der Waals surface area contributed by atoms with Crippen LogP contribution >= 0.6 is 11.8 Å². The second-order valence-corrected chi connectivity index (χ2v) is 9.00. The van der Waals surface area contributed by atoms with Gasteiger partial charge in [0, 0.05) is 19.7 Å². The third-order valence-corrected chi connectivity index (χ3v) is 6.37. The molecule has 0 N–H and O–H groups in total. The molecule has 1 aromatic heterocycles. The Bertz CT molecular complexity index is 1340. The minimum Gasteiger partial charge on any atom is -0.497 e. The van der Waals surface area contributed by atoms with Gasteiger partial charge in [0.15, 0.2) is 5.16 Å². The number of thioether (sulfide) groups is 1. The average molecular weight is 460 g/mol. The SMILES string of the molecule is COc1cccc(-n2c(SC(C)C(=O)N(C)Cc3ccccc3)nc3ccccc3c2=O)c1. The molecule has 0 saturated carbocycles. The Hall–Kier alpha value is -3.58. The second-order valence-electron chi connectivity index (χ2n) is 7.69. The highest BCUT2D eigenvalue weighted by molar-refractivity contribution is 8.00. The van der Waals surface area contributed by atoms with Gasteiger partial charge >= 0.3 is 0 Å². The zero-order chi connectivity index (χ0) is 23.4. The van der Waals surface area contributed by atoms with Crippen LogP contribution < -0.4 is 10.3 Å². The number of ether oxygens (including phenoxy) is 1. The summed E-state index contributed by atoms with van der Waals surface area (Å²) >= 11 is 1.27. The summed E-state index contributed by atoms with van der Waals surface area (Å²) in [5.74, 6) is 0.596. The van der Waals surface area contributed by atoms with Crippen molar-refractivity contribution in [2.24, 2.45) is 0 Å². The molecule has 0 aliphatic carbocycles. The topological polar surface area (TPSA) is 64.4 Å². The number of nitrogens with zero attached hydrogens (tertiary/aromatic N) is 3. The number of aromatic nitrogens is 2. The van der Waals surface area contributed by atoms with Crippen LogP contribution in [0.5, 0.6) is 5.75 Å². The van der Waals surface area contributed by atoms with E-state index in [1.165, 1.54) is 11.8 Å². The Morgan fingerprint density at radius 3 is 2.55 bits per heavy atom. The van der Waals surface area contributed by atoms with Crippen LogP contribution in [0.15, 0.2) is 88.8 Å². The summed E-state index contributed by atoms with van der Waals surface area (Å²) in [5, 5.41) is 0.536. The van der Waals surface area contributed by atoms with Gasteiger partial charge in [-0.15, -0.1) is 0 Å². The summed E-state index contributed by atoms with van der Waals surface area (Å²) in [6, 6.07) is 24.4. The van der Waals surface area contributed by atoms with E-state index in [9.17, 15) is 9.59 Å². The molecule has 1 atom stereocenters. The fourth-order valence-corrected chi connectivity index (χ4v) is 4.66. The highest BCUT2D eigenvalue weighted by atomic mass is 32.2. The van der Waals surface area contributed by atoms with Crippen LogP contribution in [0.3, 0.4) is 0 Å². The number of carbonyl (C=O) groups excluding carboxylic acids is 1. The first-order valence-corrected chi connectivity index (χ1v) is 11.5. The third kappa shape index (κ3) is 4.93. The van der Waals surface area contributed by atoms with Crippen LogP contribution in [0, 0.1) is 0 Å². The van der Waals surface area contributed by atoms with E-state index in [4.69, 9.17) is 9.72 Å². The quantitative estimate of drug-likeness (QED) is 0.300. The molecule has 1 heterocycles. The molecule has 0 fully saturated rings. The van der Waals surface area contributed by atoms with Crippen LogP contribution in [-0.4, -0.2) is 39.8 Å². The number of hydrogen-bond donors (Lipinski definition) is 0. The number of hydrogen-bond acceptors (Lipinski definition) is 5. The van der Waals surface area contributed by atoms with Gasteiger partial charge < -0.3 is 9.64 Å². The van der Waals surface area contributed by atoms with Crippen molar-refractivity contribution in [1.82, 2.24) is 14.5 Å².